The zero-order valence-corrected chi connectivity index (χ0v) is 16.4. The molecule has 0 aliphatic carbocycles. The van der Waals surface area contributed by atoms with Gasteiger partial charge in [0.15, 0.2) is 0 Å². The summed E-state index contributed by atoms with van der Waals surface area (Å²) in [7, 11) is 0. The number of pyridine rings is 1. The Hall–Kier alpha value is -4.84. The first-order valence-electron chi connectivity index (χ1n) is 9.39. The largest absolute Gasteiger partial charge is 0.507 e. The second-order valence-electron chi connectivity index (χ2n) is 6.89. The van der Waals surface area contributed by atoms with E-state index in [1.54, 1.807) is 18.2 Å². The van der Waals surface area contributed by atoms with Gasteiger partial charge in [0.2, 0.25) is 0 Å². The number of benzene rings is 2. The highest BCUT2D eigenvalue weighted by atomic mass is 16.6. The van der Waals surface area contributed by atoms with Gasteiger partial charge in [-0.25, -0.2) is 0 Å². The molecule has 1 atom stereocenters. The Balaban J connectivity index is 1.89. The minimum Gasteiger partial charge on any atom is -0.507 e. The number of carbonyl (C=O) groups is 2. The van der Waals surface area contributed by atoms with Gasteiger partial charge >= 0.3 is 0 Å². The van der Waals surface area contributed by atoms with E-state index in [0.29, 0.717) is 16.9 Å². The van der Waals surface area contributed by atoms with Crippen LogP contribution < -0.4 is 4.90 Å². The van der Waals surface area contributed by atoms with Crippen molar-refractivity contribution in [2.24, 2.45) is 0 Å². The number of aliphatic hydroxyl groups is 1. The van der Waals surface area contributed by atoms with Crippen molar-refractivity contribution in [1.82, 2.24) is 4.98 Å². The predicted octanol–water partition coefficient (Wildman–Crippen LogP) is 3.49. The van der Waals surface area contributed by atoms with Crippen molar-refractivity contribution in [2.45, 2.75) is 6.04 Å². The third kappa shape index (κ3) is 3.46. The Labute approximate surface area is 181 Å². The highest BCUT2D eigenvalue weighted by Crippen LogP contribution is 2.41. The molecular weight excluding hydrogens is 412 g/mol. The Bertz CT molecular complexity index is 1290. The number of hydrogen-bond acceptors (Lipinski definition) is 7. The van der Waals surface area contributed by atoms with Gasteiger partial charge in [-0.3, -0.25) is 29.6 Å². The first kappa shape index (κ1) is 20.4. The molecule has 156 valence electrons. The number of anilines is 1. The van der Waals surface area contributed by atoms with E-state index in [0.717, 1.165) is 0 Å². The van der Waals surface area contributed by atoms with E-state index < -0.39 is 28.4 Å². The van der Waals surface area contributed by atoms with Crippen LogP contribution in [-0.2, 0) is 9.59 Å². The molecule has 9 heteroatoms. The molecule has 3 aromatic rings. The highest BCUT2D eigenvalue weighted by molar-refractivity contribution is 6.51. The number of carbonyl (C=O) groups excluding carboxylic acids is 2. The average Bonchev–Trinajstić information content (AvgIpc) is 3.09. The van der Waals surface area contributed by atoms with Crippen LogP contribution in [0.5, 0.6) is 0 Å². The lowest BCUT2D eigenvalue weighted by atomic mass is 9.98. The van der Waals surface area contributed by atoms with Gasteiger partial charge in [-0.1, -0.05) is 6.07 Å². The van der Waals surface area contributed by atoms with Crippen LogP contribution in [0.2, 0.25) is 0 Å². The molecule has 1 saturated heterocycles. The van der Waals surface area contributed by atoms with Crippen LogP contribution in [0, 0.1) is 21.4 Å². The van der Waals surface area contributed by atoms with Crippen molar-refractivity contribution in [3.63, 3.8) is 0 Å². The Morgan fingerprint density at radius 1 is 1.06 bits per heavy atom. The number of aliphatic hydroxyl groups excluding tert-OH is 1. The molecule has 9 nitrogen and oxygen atoms in total. The van der Waals surface area contributed by atoms with Crippen LogP contribution >= 0.6 is 0 Å². The summed E-state index contributed by atoms with van der Waals surface area (Å²) in [4.78, 5) is 41.8. The lowest BCUT2D eigenvalue weighted by Gasteiger charge is -2.24. The number of hydrogen-bond donors (Lipinski definition) is 1. The fourth-order valence-electron chi connectivity index (χ4n) is 3.51. The number of nitro groups is 1. The summed E-state index contributed by atoms with van der Waals surface area (Å²) in [6.07, 6.45) is 1.50. The summed E-state index contributed by atoms with van der Waals surface area (Å²) in [6.45, 7) is 0. The molecule has 1 aromatic heterocycles. The van der Waals surface area contributed by atoms with Crippen molar-refractivity contribution in [3.05, 3.63) is 105 Å². The second kappa shape index (κ2) is 8.12. The van der Waals surface area contributed by atoms with Gasteiger partial charge in [-0.15, -0.1) is 0 Å². The molecule has 0 saturated carbocycles. The summed E-state index contributed by atoms with van der Waals surface area (Å²) in [5.41, 5.74) is 0.858. The fraction of sp³-hybridized carbons (Fsp3) is 0.0435. The molecule has 0 spiro atoms. The average molecular weight is 426 g/mol. The van der Waals surface area contributed by atoms with Crippen LogP contribution in [0.1, 0.15) is 22.9 Å². The minimum atomic E-state index is -1.03. The monoisotopic (exact) mass is 426 g/mol. The fourth-order valence-corrected chi connectivity index (χ4v) is 3.51. The van der Waals surface area contributed by atoms with E-state index in [-0.39, 0.29) is 16.8 Å². The maximum absolute atomic E-state index is 13.0. The van der Waals surface area contributed by atoms with Crippen molar-refractivity contribution < 1.29 is 19.6 Å². The Morgan fingerprint density at radius 3 is 2.31 bits per heavy atom. The number of amides is 1. The SMILES string of the molecule is N#Cc1ccc(N2C(=O)C(=O)/C(=C(\O)c3ccc([N+](=O)[O-])cc3)C2c2ccccn2)cc1. The number of nitrogens with zero attached hydrogens (tertiary/aromatic N) is 4. The summed E-state index contributed by atoms with van der Waals surface area (Å²) in [5.74, 6) is -2.25. The van der Waals surface area contributed by atoms with Gasteiger partial charge in [-0.05, 0) is 48.5 Å². The Morgan fingerprint density at radius 2 is 1.75 bits per heavy atom. The zero-order chi connectivity index (χ0) is 22.8. The molecule has 0 bridgehead atoms. The molecule has 1 aliphatic rings. The second-order valence-corrected chi connectivity index (χ2v) is 6.89. The molecule has 1 fully saturated rings. The first-order chi connectivity index (χ1) is 15.4. The van der Waals surface area contributed by atoms with Crippen LogP contribution in [0.4, 0.5) is 11.4 Å². The lowest BCUT2D eigenvalue weighted by Crippen LogP contribution is -2.29. The van der Waals surface area contributed by atoms with Crippen molar-refractivity contribution in [2.75, 3.05) is 4.90 Å². The number of aromatic nitrogens is 1. The third-order valence-corrected chi connectivity index (χ3v) is 5.04. The van der Waals surface area contributed by atoms with E-state index in [2.05, 4.69) is 4.98 Å². The smallest absolute Gasteiger partial charge is 0.300 e. The minimum absolute atomic E-state index is 0.148. The zero-order valence-electron chi connectivity index (χ0n) is 16.4. The molecule has 1 aliphatic heterocycles. The molecule has 1 amide bonds. The molecule has 1 unspecified atom stereocenters. The van der Waals surface area contributed by atoms with Gasteiger partial charge in [-0.2, -0.15) is 5.26 Å². The van der Waals surface area contributed by atoms with Crippen molar-refractivity contribution in [1.29, 1.82) is 5.26 Å². The van der Waals surface area contributed by atoms with E-state index in [9.17, 15) is 24.8 Å². The summed E-state index contributed by atoms with van der Waals surface area (Å²) in [6, 6.07) is 17.0. The molecular formula is C23H14N4O5. The van der Waals surface area contributed by atoms with E-state index in [4.69, 9.17) is 5.26 Å². The number of rotatable bonds is 4. The van der Waals surface area contributed by atoms with Crippen LogP contribution in [0.3, 0.4) is 0 Å². The van der Waals surface area contributed by atoms with E-state index in [1.165, 1.54) is 59.6 Å². The summed E-state index contributed by atoms with van der Waals surface area (Å²) >= 11 is 0. The molecule has 0 radical (unpaired) electrons. The number of ketones is 1. The summed E-state index contributed by atoms with van der Waals surface area (Å²) in [5, 5.41) is 30.9. The predicted molar refractivity (Wildman–Crippen MR) is 113 cm³/mol. The molecule has 2 aromatic carbocycles. The van der Waals surface area contributed by atoms with E-state index in [1.807, 2.05) is 6.07 Å². The van der Waals surface area contributed by atoms with Crippen LogP contribution in [0.15, 0.2) is 78.5 Å². The number of non-ortho nitro benzene ring substituents is 1. The lowest BCUT2D eigenvalue weighted by molar-refractivity contribution is -0.384. The number of nitro benzene ring substituents is 1. The normalized spacial score (nSPS) is 17.2. The number of nitriles is 1. The molecule has 4 rings (SSSR count). The van der Waals surface area contributed by atoms with Gasteiger partial charge in [0, 0.05) is 29.6 Å². The first-order valence-corrected chi connectivity index (χ1v) is 9.39. The maximum Gasteiger partial charge on any atom is 0.300 e. The third-order valence-electron chi connectivity index (χ3n) is 5.04. The maximum atomic E-state index is 13.0. The van der Waals surface area contributed by atoms with Crippen LogP contribution in [-0.4, -0.2) is 26.7 Å². The van der Waals surface area contributed by atoms with Gasteiger partial charge in [0.1, 0.15) is 11.8 Å². The van der Waals surface area contributed by atoms with Gasteiger partial charge in [0.05, 0.1) is 27.8 Å². The highest BCUT2D eigenvalue weighted by Gasteiger charge is 2.47. The van der Waals surface area contributed by atoms with Crippen molar-refractivity contribution >= 4 is 28.8 Å². The molecule has 32 heavy (non-hydrogen) atoms. The van der Waals surface area contributed by atoms with Gasteiger partial charge in [0.25, 0.3) is 17.4 Å². The molecule has 2 heterocycles. The van der Waals surface area contributed by atoms with Crippen LogP contribution in [0.25, 0.3) is 5.76 Å². The summed E-state index contributed by atoms with van der Waals surface area (Å²) < 4.78 is 0. The van der Waals surface area contributed by atoms with Gasteiger partial charge < -0.3 is 5.11 Å². The van der Waals surface area contributed by atoms with Crippen molar-refractivity contribution in [3.8, 4) is 6.07 Å². The topological polar surface area (TPSA) is 137 Å². The quantitative estimate of drug-likeness (QED) is 0.222. The Kier molecular flexibility index (Phi) is 5.18. The standard InChI is InChI=1S/C23H14N4O5/c24-13-14-4-8-16(9-5-14)26-20(18-3-1-2-12-25-18)19(22(29)23(26)30)21(28)15-6-10-17(11-7-15)27(31)32/h1-12,20,28H/b21-19-. The number of Topliss-reactive ketones (excluding diaryl/α,β-unsaturated/α-hetero) is 1. The van der Waals surface area contributed by atoms with E-state index >= 15 is 0 Å². The molecule has 1 N–H and O–H groups in total.